The van der Waals surface area contributed by atoms with Crippen LogP contribution in [0.1, 0.15) is 37.6 Å². The standard InChI is InChI=1S/C16H21N3O2S/c1-16(2)9-14(18-22(3,20)21)13-11-17-19(15(13)10-16)12-7-5-4-6-8-12/h4-8,11,14,18H,9-10H2,1-3H3/t14-/m0/s1. The van der Waals surface area contributed by atoms with E-state index in [0.717, 1.165) is 29.8 Å². The summed E-state index contributed by atoms with van der Waals surface area (Å²) in [5.41, 5.74) is 3.08. The third-order valence-corrected chi connectivity index (χ3v) is 4.75. The molecule has 1 aliphatic rings. The lowest BCUT2D eigenvalue weighted by atomic mass is 9.74. The molecule has 0 bridgehead atoms. The Balaban J connectivity index is 2.07. The first kappa shape index (κ1) is 15.2. The lowest BCUT2D eigenvalue weighted by molar-refractivity contribution is 0.269. The smallest absolute Gasteiger partial charge is 0.209 e. The van der Waals surface area contributed by atoms with E-state index in [1.54, 1.807) is 6.20 Å². The third kappa shape index (κ3) is 3.08. The number of sulfonamides is 1. The largest absolute Gasteiger partial charge is 0.237 e. The number of nitrogens with one attached hydrogen (secondary N) is 1. The Kier molecular flexibility index (Phi) is 3.61. The molecule has 118 valence electrons. The minimum atomic E-state index is -3.26. The van der Waals surface area contributed by atoms with Crippen LogP contribution in [0.4, 0.5) is 0 Å². The van der Waals surface area contributed by atoms with E-state index in [4.69, 9.17) is 0 Å². The normalized spacial score (nSPS) is 20.6. The molecule has 5 nitrogen and oxygen atoms in total. The predicted octanol–water partition coefficient (Wildman–Crippen LogP) is 2.44. The lowest BCUT2D eigenvalue weighted by Gasteiger charge is -2.35. The molecule has 0 saturated carbocycles. The summed E-state index contributed by atoms with van der Waals surface area (Å²) in [6, 6.07) is 9.72. The van der Waals surface area contributed by atoms with E-state index in [-0.39, 0.29) is 11.5 Å². The maximum absolute atomic E-state index is 11.7. The van der Waals surface area contributed by atoms with Crippen LogP contribution in [0.25, 0.3) is 5.69 Å². The van der Waals surface area contributed by atoms with Crippen LogP contribution in [0.3, 0.4) is 0 Å². The van der Waals surface area contributed by atoms with Crippen molar-refractivity contribution in [3.8, 4) is 5.69 Å². The summed E-state index contributed by atoms with van der Waals surface area (Å²) in [6.45, 7) is 4.32. The van der Waals surface area contributed by atoms with Gasteiger partial charge in [-0.15, -0.1) is 0 Å². The number of benzene rings is 1. The monoisotopic (exact) mass is 319 g/mol. The number of nitrogens with zero attached hydrogens (tertiary/aromatic N) is 2. The highest BCUT2D eigenvalue weighted by Gasteiger charge is 2.36. The van der Waals surface area contributed by atoms with Crippen LogP contribution in [-0.2, 0) is 16.4 Å². The van der Waals surface area contributed by atoms with E-state index < -0.39 is 10.0 Å². The van der Waals surface area contributed by atoms with E-state index in [2.05, 4.69) is 23.7 Å². The van der Waals surface area contributed by atoms with Crippen molar-refractivity contribution >= 4 is 10.0 Å². The molecule has 1 aliphatic carbocycles. The topological polar surface area (TPSA) is 64.0 Å². The number of aromatic nitrogens is 2. The SMILES string of the molecule is CC1(C)Cc2c(cnn2-c2ccccc2)[C@@H](NS(C)(=O)=O)C1. The van der Waals surface area contributed by atoms with E-state index in [9.17, 15) is 8.42 Å². The molecule has 2 aromatic rings. The summed E-state index contributed by atoms with van der Waals surface area (Å²) < 4.78 is 28.0. The van der Waals surface area contributed by atoms with E-state index in [0.29, 0.717) is 0 Å². The van der Waals surface area contributed by atoms with Crippen molar-refractivity contribution in [3.63, 3.8) is 0 Å². The number of hydrogen-bond acceptors (Lipinski definition) is 3. The molecule has 1 N–H and O–H groups in total. The minimum Gasteiger partial charge on any atom is -0.237 e. The van der Waals surface area contributed by atoms with Gasteiger partial charge in [-0.1, -0.05) is 32.0 Å². The van der Waals surface area contributed by atoms with Gasteiger partial charge in [0, 0.05) is 11.3 Å². The van der Waals surface area contributed by atoms with Gasteiger partial charge in [-0.05, 0) is 30.4 Å². The zero-order valence-corrected chi connectivity index (χ0v) is 13.9. The van der Waals surface area contributed by atoms with Crippen molar-refractivity contribution in [1.82, 2.24) is 14.5 Å². The number of hydrogen-bond donors (Lipinski definition) is 1. The van der Waals surface area contributed by atoms with Crippen molar-refractivity contribution in [2.75, 3.05) is 6.26 Å². The van der Waals surface area contributed by atoms with Crippen molar-refractivity contribution < 1.29 is 8.42 Å². The summed E-state index contributed by atoms with van der Waals surface area (Å²) >= 11 is 0. The number of fused-ring (bicyclic) bond motifs is 1. The first-order valence-electron chi connectivity index (χ1n) is 7.35. The molecular weight excluding hydrogens is 298 g/mol. The molecule has 1 heterocycles. The molecule has 1 aromatic heterocycles. The molecule has 0 spiro atoms. The average molecular weight is 319 g/mol. The van der Waals surface area contributed by atoms with E-state index in [1.165, 1.54) is 6.26 Å². The van der Waals surface area contributed by atoms with E-state index in [1.807, 2.05) is 35.0 Å². The molecule has 0 amide bonds. The van der Waals surface area contributed by atoms with Crippen LogP contribution >= 0.6 is 0 Å². The van der Waals surface area contributed by atoms with Crippen molar-refractivity contribution in [2.24, 2.45) is 5.41 Å². The second-order valence-electron chi connectivity index (χ2n) is 6.78. The summed E-state index contributed by atoms with van der Waals surface area (Å²) in [5.74, 6) is 0. The number of rotatable bonds is 3. The average Bonchev–Trinajstić information content (AvgIpc) is 2.80. The van der Waals surface area contributed by atoms with Gasteiger partial charge in [0.1, 0.15) is 0 Å². The van der Waals surface area contributed by atoms with Crippen LogP contribution in [0.2, 0.25) is 0 Å². The van der Waals surface area contributed by atoms with Crippen LogP contribution < -0.4 is 4.72 Å². The molecule has 0 unspecified atom stereocenters. The fraction of sp³-hybridized carbons (Fsp3) is 0.438. The zero-order chi connectivity index (χ0) is 16.0. The van der Waals surface area contributed by atoms with Gasteiger partial charge in [0.2, 0.25) is 10.0 Å². The molecule has 0 fully saturated rings. The second kappa shape index (κ2) is 5.21. The second-order valence-corrected chi connectivity index (χ2v) is 8.56. The van der Waals surface area contributed by atoms with Gasteiger partial charge in [0.25, 0.3) is 0 Å². The Labute approximate surface area is 131 Å². The first-order chi connectivity index (χ1) is 10.3. The van der Waals surface area contributed by atoms with E-state index >= 15 is 0 Å². The number of para-hydroxylation sites is 1. The summed E-state index contributed by atoms with van der Waals surface area (Å²) in [4.78, 5) is 0. The van der Waals surface area contributed by atoms with Gasteiger partial charge in [0.05, 0.1) is 24.2 Å². The molecular formula is C16H21N3O2S. The zero-order valence-electron chi connectivity index (χ0n) is 13.1. The van der Waals surface area contributed by atoms with Gasteiger partial charge in [-0.3, -0.25) is 0 Å². The maximum Gasteiger partial charge on any atom is 0.209 e. The Morgan fingerprint density at radius 1 is 1.27 bits per heavy atom. The van der Waals surface area contributed by atoms with Gasteiger partial charge >= 0.3 is 0 Å². The lowest BCUT2D eigenvalue weighted by Crippen LogP contribution is -2.36. The summed E-state index contributed by atoms with van der Waals surface area (Å²) in [5, 5.41) is 4.50. The van der Waals surface area contributed by atoms with Gasteiger partial charge in [-0.2, -0.15) is 5.10 Å². The first-order valence-corrected chi connectivity index (χ1v) is 9.24. The summed E-state index contributed by atoms with van der Waals surface area (Å²) in [7, 11) is -3.26. The van der Waals surface area contributed by atoms with Crippen LogP contribution in [0, 0.1) is 5.41 Å². The van der Waals surface area contributed by atoms with Crippen molar-refractivity contribution in [2.45, 2.75) is 32.7 Å². The molecule has 0 saturated heterocycles. The minimum absolute atomic E-state index is 0.0158. The molecule has 6 heteroatoms. The van der Waals surface area contributed by atoms with Gasteiger partial charge in [0.15, 0.2) is 0 Å². The Morgan fingerprint density at radius 2 is 1.95 bits per heavy atom. The fourth-order valence-electron chi connectivity index (χ4n) is 3.20. The molecule has 0 aliphatic heterocycles. The van der Waals surface area contributed by atoms with Crippen LogP contribution in [0.15, 0.2) is 36.5 Å². The maximum atomic E-state index is 11.7. The Bertz CT molecular complexity index is 779. The Hall–Kier alpha value is -1.66. The molecule has 22 heavy (non-hydrogen) atoms. The predicted molar refractivity (Wildman–Crippen MR) is 86.4 cm³/mol. The van der Waals surface area contributed by atoms with Crippen molar-refractivity contribution in [3.05, 3.63) is 47.8 Å². The fourth-order valence-corrected chi connectivity index (χ4v) is 3.92. The highest BCUT2D eigenvalue weighted by atomic mass is 32.2. The van der Waals surface area contributed by atoms with Gasteiger partial charge < -0.3 is 0 Å². The highest BCUT2D eigenvalue weighted by Crippen LogP contribution is 2.41. The van der Waals surface area contributed by atoms with Crippen LogP contribution in [-0.4, -0.2) is 24.5 Å². The molecule has 3 rings (SSSR count). The third-order valence-electron chi connectivity index (χ3n) is 4.04. The summed E-state index contributed by atoms with van der Waals surface area (Å²) in [6.07, 6.45) is 4.64. The highest BCUT2D eigenvalue weighted by molar-refractivity contribution is 7.88. The van der Waals surface area contributed by atoms with Gasteiger partial charge in [-0.25, -0.2) is 17.8 Å². The molecule has 1 aromatic carbocycles. The molecule has 1 atom stereocenters. The Morgan fingerprint density at radius 3 is 2.59 bits per heavy atom. The van der Waals surface area contributed by atoms with Crippen LogP contribution in [0.5, 0.6) is 0 Å². The quantitative estimate of drug-likeness (QED) is 0.945. The molecule has 0 radical (unpaired) electrons. The van der Waals surface area contributed by atoms with Crippen molar-refractivity contribution in [1.29, 1.82) is 0 Å².